The van der Waals surface area contributed by atoms with Gasteiger partial charge in [-0.05, 0) is 18.5 Å². The van der Waals surface area contributed by atoms with Gasteiger partial charge in [0.1, 0.15) is 0 Å². The molecule has 1 aliphatic carbocycles. The molecular weight excluding hydrogens is 209 g/mol. The zero-order valence-electron chi connectivity index (χ0n) is 5.01. The van der Waals surface area contributed by atoms with Gasteiger partial charge >= 0.3 is 0 Å². The van der Waals surface area contributed by atoms with Crippen molar-refractivity contribution in [3.05, 3.63) is 0 Å². The topological polar surface area (TPSA) is 0 Å². The van der Waals surface area contributed by atoms with E-state index in [9.17, 15) is 0 Å². The SMILES string of the molecule is PC1CCCCC1.[Pd]. The molecule has 0 amide bonds. The van der Waals surface area contributed by atoms with Crippen LogP contribution in [0.5, 0.6) is 0 Å². The molecule has 0 aromatic rings. The third-order valence-corrected chi connectivity index (χ3v) is 2.32. The van der Waals surface area contributed by atoms with Gasteiger partial charge in [0.05, 0.1) is 0 Å². The van der Waals surface area contributed by atoms with E-state index in [1.165, 1.54) is 32.1 Å². The van der Waals surface area contributed by atoms with Gasteiger partial charge in [0.2, 0.25) is 0 Å². The molecule has 0 nitrogen and oxygen atoms in total. The summed E-state index contributed by atoms with van der Waals surface area (Å²) < 4.78 is 0. The molecule has 0 aromatic carbocycles. The second-order valence-electron chi connectivity index (χ2n) is 2.40. The van der Waals surface area contributed by atoms with E-state index in [1.807, 2.05) is 0 Å². The van der Waals surface area contributed by atoms with Gasteiger partial charge in [0.15, 0.2) is 0 Å². The molecule has 0 N–H and O–H groups in total. The maximum atomic E-state index is 2.91. The molecule has 0 bridgehead atoms. The maximum absolute atomic E-state index is 2.91. The molecule has 1 rings (SSSR count). The Kier molecular flexibility index (Phi) is 5.60. The molecule has 0 aliphatic heterocycles. The monoisotopic (exact) mass is 222 g/mol. The van der Waals surface area contributed by atoms with Crippen molar-refractivity contribution in [1.29, 1.82) is 0 Å². The van der Waals surface area contributed by atoms with Gasteiger partial charge in [-0.25, -0.2) is 0 Å². The smallest absolute Gasteiger partial charge is 0 e. The Morgan fingerprint density at radius 3 is 1.75 bits per heavy atom. The predicted octanol–water partition coefficient (Wildman–Crippen LogP) is 2.19. The van der Waals surface area contributed by atoms with Gasteiger partial charge in [-0.15, -0.1) is 9.24 Å². The van der Waals surface area contributed by atoms with Gasteiger partial charge in [-0.3, -0.25) is 0 Å². The van der Waals surface area contributed by atoms with Crippen LogP contribution >= 0.6 is 9.24 Å². The van der Waals surface area contributed by atoms with Crippen LogP contribution in [0.25, 0.3) is 0 Å². The third kappa shape index (κ3) is 3.18. The van der Waals surface area contributed by atoms with Crippen LogP contribution in [-0.2, 0) is 20.4 Å². The Labute approximate surface area is 67.7 Å². The molecule has 0 spiro atoms. The molecule has 1 aliphatic rings. The molecule has 8 heavy (non-hydrogen) atoms. The van der Waals surface area contributed by atoms with E-state index in [2.05, 4.69) is 9.24 Å². The summed E-state index contributed by atoms with van der Waals surface area (Å²) >= 11 is 0. The second kappa shape index (κ2) is 4.92. The maximum Gasteiger partial charge on any atom is 0 e. The Bertz CT molecular complexity index is 50.5. The summed E-state index contributed by atoms with van der Waals surface area (Å²) in [7, 11) is 2.91. The summed E-state index contributed by atoms with van der Waals surface area (Å²) in [5.41, 5.74) is 0.953. The van der Waals surface area contributed by atoms with Gasteiger partial charge in [-0.2, -0.15) is 0 Å². The first-order chi connectivity index (χ1) is 3.39. The summed E-state index contributed by atoms with van der Waals surface area (Å²) in [5.74, 6) is 0. The molecule has 1 unspecified atom stereocenters. The van der Waals surface area contributed by atoms with E-state index in [-0.39, 0.29) is 20.4 Å². The molecule has 0 saturated heterocycles. The van der Waals surface area contributed by atoms with Crippen molar-refractivity contribution in [1.82, 2.24) is 0 Å². The van der Waals surface area contributed by atoms with Crippen molar-refractivity contribution >= 4 is 9.24 Å². The molecule has 0 aromatic heterocycles. The van der Waals surface area contributed by atoms with Gasteiger partial charge in [0.25, 0.3) is 0 Å². The number of hydrogen-bond donors (Lipinski definition) is 0. The zero-order chi connectivity index (χ0) is 5.11. The molecule has 0 heterocycles. The Morgan fingerprint density at radius 1 is 1.00 bits per heavy atom. The molecule has 1 fully saturated rings. The van der Waals surface area contributed by atoms with Crippen LogP contribution in [0.2, 0.25) is 0 Å². The first kappa shape index (κ1) is 9.09. The Balaban J connectivity index is 0.000000490. The normalized spacial score (nSPS) is 22.1. The van der Waals surface area contributed by atoms with E-state index < -0.39 is 0 Å². The molecule has 0 radical (unpaired) electrons. The largest absolute Gasteiger partial charge is 0.134 e. The summed E-state index contributed by atoms with van der Waals surface area (Å²) in [6, 6.07) is 0. The van der Waals surface area contributed by atoms with Gasteiger partial charge < -0.3 is 0 Å². The Morgan fingerprint density at radius 2 is 1.50 bits per heavy atom. The summed E-state index contributed by atoms with van der Waals surface area (Å²) in [6.45, 7) is 0. The minimum absolute atomic E-state index is 0. The quantitative estimate of drug-likeness (QED) is 0.435. The van der Waals surface area contributed by atoms with E-state index in [4.69, 9.17) is 0 Å². The third-order valence-electron chi connectivity index (χ3n) is 1.65. The van der Waals surface area contributed by atoms with Crippen LogP contribution in [0.3, 0.4) is 0 Å². The summed E-state index contributed by atoms with van der Waals surface area (Å²) in [4.78, 5) is 0. The van der Waals surface area contributed by atoms with Crippen LogP contribution in [0, 0.1) is 0 Å². The van der Waals surface area contributed by atoms with Crippen LogP contribution in [0.15, 0.2) is 0 Å². The van der Waals surface area contributed by atoms with Crippen LogP contribution < -0.4 is 0 Å². The fraction of sp³-hybridized carbons (Fsp3) is 1.00. The van der Waals surface area contributed by atoms with Crippen molar-refractivity contribution in [3.8, 4) is 0 Å². The predicted molar refractivity (Wildman–Crippen MR) is 36.6 cm³/mol. The van der Waals surface area contributed by atoms with E-state index in [0.29, 0.717) is 0 Å². The first-order valence-corrected chi connectivity index (χ1v) is 3.82. The van der Waals surface area contributed by atoms with Crippen molar-refractivity contribution < 1.29 is 20.4 Å². The number of hydrogen-bond acceptors (Lipinski definition) is 0. The zero-order valence-corrected chi connectivity index (χ0v) is 7.72. The number of rotatable bonds is 0. The fourth-order valence-corrected chi connectivity index (χ4v) is 1.61. The minimum atomic E-state index is 0. The standard InChI is InChI=1S/C6H13P.Pd/c7-6-4-2-1-3-5-6;/h6H,1-5,7H2;. The van der Waals surface area contributed by atoms with Gasteiger partial charge in [0, 0.05) is 20.4 Å². The van der Waals surface area contributed by atoms with E-state index >= 15 is 0 Å². The van der Waals surface area contributed by atoms with Crippen LogP contribution in [0.1, 0.15) is 32.1 Å². The average molecular weight is 223 g/mol. The fourth-order valence-electron chi connectivity index (χ4n) is 1.13. The van der Waals surface area contributed by atoms with E-state index in [0.717, 1.165) is 5.66 Å². The average Bonchev–Trinajstić information content (AvgIpc) is 1.69. The molecular formula is C6H13PPd. The summed E-state index contributed by atoms with van der Waals surface area (Å²) in [6.07, 6.45) is 7.31. The minimum Gasteiger partial charge on any atom is -0.134 e. The van der Waals surface area contributed by atoms with Gasteiger partial charge in [-0.1, -0.05) is 19.3 Å². The molecule has 1 saturated carbocycles. The second-order valence-corrected chi connectivity index (χ2v) is 3.34. The first-order valence-electron chi connectivity index (χ1n) is 3.15. The van der Waals surface area contributed by atoms with Crippen molar-refractivity contribution in [2.24, 2.45) is 0 Å². The molecule has 1 atom stereocenters. The Hall–Kier alpha value is 1.09. The van der Waals surface area contributed by atoms with Crippen molar-refractivity contribution in [2.45, 2.75) is 37.8 Å². The van der Waals surface area contributed by atoms with Crippen LogP contribution in [-0.4, -0.2) is 5.66 Å². The van der Waals surface area contributed by atoms with Crippen molar-refractivity contribution in [2.75, 3.05) is 0 Å². The summed E-state index contributed by atoms with van der Waals surface area (Å²) in [5, 5.41) is 0. The van der Waals surface area contributed by atoms with Crippen molar-refractivity contribution in [3.63, 3.8) is 0 Å². The van der Waals surface area contributed by atoms with Crippen LogP contribution in [0.4, 0.5) is 0 Å². The van der Waals surface area contributed by atoms with E-state index in [1.54, 1.807) is 0 Å². The molecule has 52 valence electrons. The molecule has 2 heteroatoms.